The molecule has 17 heavy (non-hydrogen) atoms. The van der Waals surface area contributed by atoms with E-state index in [-0.39, 0.29) is 0 Å². The molecule has 0 spiro atoms. The molecule has 3 aliphatic rings. The van der Waals surface area contributed by atoms with Crippen LogP contribution in [0.15, 0.2) is 0 Å². The van der Waals surface area contributed by atoms with Gasteiger partial charge in [-0.05, 0) is 46.1 Å². The molecular weight excluding hydrogens is 212 g/mol. The van der Waals surface area contributed by atoms with E-state index in [9.17, 15) is 0 Å². The summed E-state index contributed by atoms with van der Waals surface area (Å²) in [5.74, 6) is 0. The minimum absolute atomic E-state index is 0.461. The van der Waals surface area contributed by atoms with E-state index in [1.54, 1.807) is 0 Å². The lowest BCUT2D eigenvalue weighted by Gasteiger charge is -2.47. The summed E-state index contributed by atoms with van der Waals surface area (Å²) in [5.41, 5.74) is 0. The molecule has 0 aromatic heterocycles. The van der Waals surface area contributed by atoms with Gasteiger partial charge < -0.3 is 4.74 Å². The first kappa shape index (κ1) is 11.9. The number of ether oxygens (including phenoxy) is 1. The van der Waals surface area contributed by atoms with Gasteiger partial charge in [0, 0.05) is 37.8 Å². The molecule has 4 unspecified atom stereocenters. The molecule has 0 N–H and O–H groups in total. The molecule has 98 valence electrons. The monoisotopic (exact) mass is 238 g/mol. The maximum absolute atomic E-state index is 5.68. The van der Waals surface area contributed by atoms with E-state index >= 15 is 0 Å². The lowest BCUT2D eigenvalue weighted by atomic mass is 9.97. The number of piperazine rings is 1. The van der Waals surface area contributed by atoms with Crippen LogP contribution in [-0.2, 0) is 4.74 Å². The zero-order chi connectivity index (χ0) is 11.8. The van der Waals surface area contributed by atoms with Gasteiger partial charge in [0.1, 0.15) is 0 Å². The molecule has 0 bridgehead atoms. The molecule has 0 radical (unpaired) electrons. The Bertz CT molecular complexity index is 271. The Balaban J connectivity index is 1.65. The second-order valence-corrected chi connectivity index (χ2v) is 6.20. The van der Waals surface area contributed by atoms with E-state index in [0.717, 1.165) is 24.7 Å². The number of rotatable bonds is 1. The summed E-state index contributed by atoms with van der Waals surface area (Å²) in [4.78, 5) is 5.50. The van der Waals surface area contributed by atoms with Crippen molar-refractivity contribution in [2.75, 3.05) is 26.2 Å². The average Bonchev–Trinajstić information content (AvgIpc) is 2.75. The molecule has 3 saturated heterocycles. The van der Waals surface area contributed by atoms with Crippen LogP contribution in [0.25, 0.3) is 0 Å². The van der Waals surface area contributed by atoms with Crippen LogP contribution < -0.4 is 0 Å². The van der Waals surface area contributed by atoms with Crippen LogP contribution in [0.2, 0.25) is 0 Å². The summed E-state index contributed by atoms with van der Waals surface area (Å²) in [5, 5.41) is 0. The van der Waals surface area contributed by atoms with Crippen molar-refractivity contribution in [1.29, 1.82) is 0 Å². The first-order chi connectivity index (χ1) is 8.24. The lowest BCUT2D eigenvalue weighted by molar-refractivity contribution is -0.0498. The van der Waals surface area contributed by atoms with Gasteiger partial charge >= 0.3 is 0 Å². The predicted molar refractivity (Wildman–Crippen MR) is 69.2 cm³/mol. The zero-order valence-electron chi connectivity index (χ0n) is 11.3. The van der Waals surface area contributed by atoms with Gasteiger partial charge in [-0.25, -0.2) is 0 Å². The second-order valence-electron chi connectivity index (χ2n) is 6.20. The predicted octanol–water partition coefficient (Wildman–Crippen LogP) is 1.72. The summed E-state index contributed by atoms with van der Waals surface area (Å²) >= 11 is 0. The van der Waals surface area contributed by atoms with Crippen molar-refractivity contribution in [2.45, 2.75) is 63.8 Å². The molecule has 3 heteroatoms. The maximum atomic E-state index is 5.68. The summed E-state index contributed by atoms with van der Waals surface area (Å²) < 4.78 is 5.68. The minimum atomic E-state index is 0.461. The van der Waals surface area contributed by atoms with Crippen molar-refractivity contribution >= 4 is 0 Å². The van der Waals surface area contributed by atoms with Gasteiger partial charge in [0.25, 0.3) is 0 Å². The first-order valence-corrected chi connectivity index (χ1v) is 7.35. The van der Waals surface area contributed by atoms with Crippen LogP contribution >= 0.6 is 0 Å². The number of hydrogen-bond acceptors (Lipinski definition) is 3. The van der Waals surface area contributed by atoms with E-state index < -0.39 is 0 Å². The Morgan fingerprint density at radius 3 is 2.76 bits per heavy atom. The number of nitrogens with zero attached hydrogens (tertiary/aromatic N) is 2. The smallest absolute Gasteiger partial charge is 0.0561 e. The fourth-order valence-electron chi connectivity index (χ4n) is 3.99. The maximum Gasteiger partial charge on any atom is 0.0561 e. The van der Waals surface area contributed by atoms with Gasteiger partial charge in [0.15, 0.2) is 0 Å². The Kier molecular flexibility index (Phi) is 3.42. The molecule has 3 nitrogen and oxygen atoms in total. The third kappa shape index (κ3) is 2.38. The number of fused-ring (bicyclic) bond motifs is 1. The molecule has 0 aliphatic carbocycles. The van der Waals surface area contributed by atoms with Gasteiger partial charge in [0.2, 0.25) is 0 Å². The van der Waals surface area contributed by atoms with Crippen LogP contribution in [0.5, 0.6) is 0 Å². The van der Waals surface area contributed by atoms with Crippen LogP contribution in [0.4, 0.5) is 0 Å². The molecule has 0 aromatic rings. The topological polar surface area (TPSA) is 15.7 Å². The first-order valence-electron chi connectivity index (χ1n) is 7.35. The van der Waals surface area contributed by atoms with Gasteiger partial charge in [0.05, 0.1) is 6.10 Å². The Labute approximate surface area is 105 Å². The largest absolute Gasteiger partial charge is 0.378 e. The fourth-order valence-corrected chi connectivity index (χ4v) is 3.99. The summed E-state index contributed by atoms with van der Waals surface area (Å²) in [7, 11) is 0. The summed E-state index contributed by atoms with van der Waals surface area (Å²) in [6.07, 6.45) is 5.76. The highest BCUT2D eigenvalue weighted by atomic mass is 16.5. The summed E-state index contributed by atoms with van der Waals surface area (Å²) in [6.45, 7) is 9.53. The standard InChI is InChI=1S/C14H26N2O/c1-11-9-15-6-3-4-14(15)10-16(11)13-5-7-17-12(2)8-13/h11-14H,3-10H2,1-2H3. The number of hydrogen-bond donors (Lipinski definition) is 0. The third-order valence-electron chi connectivity index (χ3n) is 4.91. The quantitative estimate of drug-likeness (QED) is 0.692. The average molecular weight is 238 g/mol. The summed E-state index contributed by atoms with van der Waals surface area (Å²) in [6, 6.07) is 2.36. The Morgan fingerprint density at radius 2 is 1.94 bits per heavy atom. The molecular formula is C14H26N2O. The second kappa shape index (κ2) is 4.87. The normalized spacial score (nSPS) is 44.8. The molecule has 3 aliphatic heterocycles. The van der Waals surface area contributed by atoms with Crippen molar-refractivity contribution in [3.05, 3.63) is 0 Å². The van der Waals surface area contributed by atoms with Crippen molar-refractivity contribution in [2.24, 2.45) is 0 Å². The van der Waals surface area contributed by atoms with Crippen molar-refractivity contribution in [3.8, 4) is 0 Å². The SMILES string of the molecule is CC1CC(N2CC3CCCN3CC2C)CCO1. The van der Waals surface area contributed by atoms with E-state index in [4.69, 9.17) is 4.74 Å². The van der Waals surface area contributed by atoms with Crippen LogP contribution in [0.1, 0.15) is 39.5 Å². The van der Waals surface area contributed by atoms with E-state index in [1.165, 1.54) is 45.3 Å². The molecule has 3 fully saturated rings. The molecule has 0 aromatic carbocycles. The van der Waals surface area contributed by atoms with Crippen LogP contribution in [-0.4, -0.2) is 60.3 Å². The van der Waals surface area contributed by atoms with Crippen molar-refractivity contribution in [1.82, 2.24) is 9.80 Å². The van der Waals surface area contributed by atoms with Gasteiger partial charge in [-0.2, -0.15) is 0 Å². The molecule has 4 atom stereocenters. The van der Waals surface area contributed by atoms with Crippen LogP contribution in [0.3, 0.4) is 0 Å². The highest BCUT2D eigenvalue weighted by Gasteiger charge is 2.38. The fraction of sp³-hybridized carbons (Fsp3) is 1.00. The Morgan fingerprint density at radius 1 is 1.06 bits per heavy atom. The highest BCUT2D eigenvalue weighted by Crippen LogP contribution is 2.29. The van der Waals surface area contributed by atoms with E-state index in [0.29, 0.717) is 6.10 Å². The molecule has 0 saturated carbocycles. The van der Waals surface area contributed by atoms with Gasteiger partial charge in [-0.15, -0.1) is 0 Å². The van der Waals surface area contributed by atoms with E-state index in [2.05, 4.69) is 23.6 Å². The minimum Gasteiger partial charge on any atom is -0.378 e. The van der Waals surface area contributed by atoms with Crippen molar-refractivity contribution in [3.63, 3.8) is 0 Å². The molecule has 3 heterocycles. The third-order valence-corrected chi connectivity index (χ3v) is 4.91. The van der Waals surface area contributed by atoms with Crippen LogP contribution in [0, 0.1) is 0 Å². The van der Waals surface area contributed by atoms with E-state index in [1.807, 2.05) is 0 Å². The molecule has 3 rings (SSSR count). The lowest BCUT2D eigenvalue weighted by Crippen LogP contribution is -2.59. The zero-order valence-corrected chi connectivity index (χ0v) is 11.3. The van der Waals surface area contributed by atoms with Crippen molar-refractivity contribution < 1.29 is 4.74 Å². The van der Waals surface area contributed by atoms with Gasteiger partial charge in [-0.1, -0.05) is 0 Å². The highest BCUT2D eigenvalue weighted by molar-refractivity contribution is 4.94. The Hall–Kier alpha value is -0.120. The van der Waals surface area contributed by atoms with Gasteiger partial charge in [-0.3, -0.25) is 9.80 Å². The molecule has 0 amide bonds.